The number of nitrogens with zero attached hydrogens (tertiary/aromatic N) is 1. The Morgan fingerprint density at radius 3 is 2.92 bits per heavy atom. The van der Waals surface area contributed by atoms with Gasteiger partial charge in [-0.2, -0.15) is 0 Å². The lowest BCUT2D eigenvalue weighted by Gasteiger charge is -2.21. The van der Waals surface area contributed by atoms with E-state index >= 15 is 0 Å². The SMILES string of the molecule is COc1ccccc1OCC(=O)NCc1c(C)ncc2c1CCNC2. The van der Waals surface area contributed by atoms with Crippen LogP contribution in [0.25, 0.3) is 0 Å². The molecule has 1 aromatic heterocycles. The molecule has 0 bridgehead atoms. The third kappa shape index (κ3) is 4.09. The van der Waals surface area contributed by atoms with Crippen LogP contribution in [0.1, 0.15) is 22.4 Å². The Morgan fingerprint density at radius 2 is 2.12 bits per heavy atom. The summed E-state index contributed by atoms with van der Waals surface area (Å²) in [6, 6.07) is 7.28. The number of hydrogen-bond donors (Lipinski definition) is 2. The first kappa shape index (κ1) is 17.2. The molecule has 1 aliphatic heterocycles. The number of ether oxygens (including phenoxy) is 2. The number of carbonyl (C=O) groups excluding carboxylic acids is 1. The van der Waals surface area contributed by atoms with Gasteiger partial charge in [0.05, 0.1) is 7.11 Å². The molecule has 0 saturated carbocycles. The summed E-state index contributed by atoms with van der Waals surface area (Å²) in [4.78, 5) is 16.6. The van der Waals surface area contributed by atoms with Gasteiger partial charge >= 0.3 is 0 Å². The first-order valence-electron chi connectivity index (χ1n) is 8.38. The van der Waals surface area contributed by atoms with Crippen molar-refractivity contribution in [3.63, 3.8) is 0 Å². The maximum Gasteiger partial charge on any atom is 0.258 e. The molecule has 132 valence electrons. The molecular weight excluding hydrogens is 318 g/mol. The Hall–Kier alpha value is -2.60. The van der Waals surface area contributed by atoms with Crippen molar-refractivity contribution in [2.75, 3.05) is 20.3 Å². The predicted molar refractivity (Wildman–Crippen MR) is 94.7 cm³/mol. The van der Waals surface area contributed by atoms with Crippen LogP contribution >= 0.6 is 0 Å². The zero-order chi connectivity index (χ0) is 17.6. The summed E-state index contributed by atoms with van der Waals surface area (Å²) in [6.45, 7) is 4.18. The van der Waals surface area contributed by atoms with Crippen LogP contribution in [-0.2, 0) is 24.3 Å². The Labute approximate surface area is 147 Å². The second-order valence-corrected chi connectivity index (χ2v) is 5.97. The van der Waals surface area contributed by atoms with Crippen molar-refractivity contribution < 1.29 is 14.3 Å². The van der Waals surface area contributed by atoms with Crippen molar-refractivity contribution in [1.82, 2.24) is 15.6 Å². The zero-order valence-electron chi connectivity index (χ0n) is 14.6. The quantitative estimate of drug-likeness (QED) is 0.837. The lowest BCUT2D eigenvalue weighted by molar-refractivity contribution is -0.123. The van der Waals surface area contributed by atoms with E-state index in [0.29, 0.717) is 18.0 Å². The molecule has 25 heavy (non-hydrogen) atoms. The number of aromatic nitrogens is 1. The van der Waals surface area contributed by atoms with Crippen molar-refractivity contribution in [1.29, 1.82) is 0 Å². The Kier molecular flexibility index (Phi) is 5.50. The number of carbonyl (C=O) groups is 1. The number of fused-ring (bicyclic) bond motifs is 1. The van der Waals surface area contributed by atoms with Crippen LogP contribution in [0, 0.1) is 6.92 Å². The third-order valence-electron chi connectivity index (χ3n) is 4.36. The molecular formula is C19H23N3O3. The molecule has 6 nitrogen and oxygen atoms in total. The number of benzene rings is 1. The van der Waals surface area contributed by atoms with Crippen LogP contribution in [0.2, 0.25) is 0 Å². The number of pyridine rings is 1. The fourth-order valence-corrected chi connectivity index (χ4v) is 3.00. The Bertz CT molecular complexity index is 762. The first-order valence-corrected chi connectivity index (χ1v) is 8.38. The summed E-state index contributed by atoms with van der Waals surface area (Å²) in [5, 5.41) is 6.28. The molecule has 6 heteroatoms. The van der Waals surface area contributed by atoms with E-state index in [2.05, 4.69) is 15.6 Å². The van der Waals surface area contributed by atoms with Crippen molar-refractivity contribution >= 4 is 5.91 Å². The lowest BCUT2D eigenvalue weighted by Crippen LogP contribution is -2.31. The molecule has 3 rings (SSSR count). The van der Waals surface area contributed by atoms with Crippen LogP contribution in [0.5, 0.6) is 11.5 Å². The minimum atomic E-state index is -0.170. The molecule has 2 aromatic rings. The average Bonchev–Trinajstić information content (AvgIpc) is 2.65. The van der Waals surface area contributed by atoms with E-state index in [9.17, 15) is 4.79 Å². The van der Waals surface area contributed by atoms with Crippen LogP contribution < -0.4 is 20.1 Å². The smallest absolute Gasteiger partial charge is 0.258 e. The molecule has 1 amide bonds. The summed E-state index contributed by atoms with van der Waals surface area (Å²) < 4.78 is 10.8. The summed E-state index contributed by atoms with van der Waals surface area (Å²) >= 11 is 0. The van der Waals surface area contributed by atoms with E-state index in [-0.39, 0.29) is 12.5 Å². The Balaban J connectivity index is 1.60. The first-order chi connectivity index (χ1) is 12.2. The van der Waals surface area contributed by atoms with E-state index in [1.54, 1.807) is 19.2 Å². The number of para-hydroxylation sites is 2. The molecule has 0 fully saturated rings. The van der Waals surface area contributed by atoms with E-state index in [4.69, 9.17) is 9.47 Å². The molecule has 0 saturated heterocycles. The number of amides is 1. The lowest BCUT2D eigenvalue weighted by atomic mass is 9.96. The molecule has 0 radical (unpaired) electrons. The number of nitrogens with one attached hydrogen (secondary N) is 2. The number of methoxy groups -OCH3 is 1. The highest BCUT2D eigenvalue weighted by atomic mass is 16.5. The van der Waals surface area contributed by atoms with Gasteiger partial charge in [0.15, 0.2) is 18.1 Å². The minimum absolute atomic E-state index is 0.0522. The zero-order valence-corrected chi connectivity index (χ0v) is 14.6. The Morgan fingerprint density at radius 1 is 1.32 bits per heavy atom. The summed E-state index contributed by atoms with van der Waals surface area (Å²) in [6.07, 6.45) is 2.88. The van der Waals surface area contributed by atoms with E-state index in [1.807, 2.05) is 25.3 Å². The van der Waals surface area contributed by atoms with Crippen molar-refractivity contribution in [2.45, 2.75) is 26.4 Å². The standard InChI is InChI=1S/C19H23N3O3/c1-13-16(15-7-8-20-9-14(15)10-21-13)11-22-19(23)12-25-18-6-4-3-5-17(18)24-2/h3-6,10,20H,7-9,11-12H2,1-2H3,(H,22,23). The van der Waals surface area contributed by atoms with Crippen LogP contribution in [-0.4, -0.2) is 31.2 Å². The summed E-state index contributed by atoms with van der Waals surface area (Å²) in [5.74, 6) is 0.998. The van der Waals surface area contributed by atoms with E-state index < -0.39 is 0 Å². The van der Waals surface area contributed by atoms with Crippen LogP contribution in [0.4, 0.5) is 0 Å². The normalized spacial score (nSPS) is 13.0. The van der Waals surface area contributed by atoms with E-state index in [1.165, 1.54) is 11.1 Å². The van der Waals surface area contributed by atoms with E-state index in [0.717, 1.165) is 30.8 Å². The highest BCUT2D eigenvalue weighted by molar-refractivity contribution is 5.77. The van der Waals surface area contributed by atoms with Crippen molar-refractivity contribution in [3.8, 4) is 11.5 Å². The van der Waals surface area contributed by atoms with Gasteiger partial charge in [-0.25, -0.2) is 0 Å². The largest absolute Gasteiger partial charge is 0.493 e. The van der Waals surface area contributed by atoms with Gasteiger partial charge < -0.3 is 20.1 Å². The maximum atomic E-state index is 12.2. The van der Waals surface area contributed by atoms with Gasteiger partial charge in [0, 0.05) is 25.0 Å². The van der Waals surface area contributed by atoms with Gasteiger partial charge in [0.1, 0.15) is 0 Å². The fourth-order valence-electron chi connectivity index (χ4n) is 3.00. The number of hydrogen-bond acceptors (Lipinski definition) is 5. The summed E-state index contributed by atoms with van der Waals surface area (Å²) in [7, 11) is 1.57. The number of rotatable bonds is 6. The topological polar surface area (TPSA) is 72.5 Å². The molecule has 0 aliphatic carbocycles. The van der Waals surface area contributed by atoms with Gasteiger partial charge in [-0.05, 0) is 48.7 Å². The molecule has 1 aliphatic rings. The maximum absolute atomic E-state index is 12.2. The molecule has 1 aromatic carbocycles. The highest BCUT2D eigenvalue weighted by Gasteiger charge is 2.16. The van der Waals surface area contributed by atoms with Crippen molar-refractivity contribution in [3.05, 3.63) is 52.8 Å². The van der Waals surface area contributed by atoms with Gasteiger partial charge in [-0.3, -0.25) is 9.78 Å². The molecule has 0 unspecified atom stereocenters. The van der Waals surface area contributed by atoms with Gasteiger partial charge in [-0.1, -0.05) is 12.1 Å². The van der Waals surface area contributed by atoms with Crippen LogP contribution in [0.3, 0.4) is 0 Å². The van der Waals surface area contributed by atoms with Crippen molar-refractivity contribution in [2.24, 2.45) is 0 Å². The van der Waals surface area contributed by atoms with Gasteiger partial charge in [0.2, 0.25) is 0 Å². The second-order valence-electron chi connectivity index (χ2n) is 5.97. The fraction of sp³-hybridized carbons (Fsp3) is 0.368. The average molecular weight is 341 g/mol. The molecule has 0 spiro atoms. The van der Waals surface area contributed by atoms with Gasteiger partial charge in [-0.15, -0.1) is 0 Å². The van der Waals surface area contributed by atoms with Gasteiger partial charge in [0.25, 0.3) is 5.91 Å². The molecule has 2 heterocycles. The monoisotopic (exact) mass is 341 g/mol. The molecule has 2 N–H and O–H groups in total. The number of aryl methyl sites for hydroxylation is 1. The van der Waals surface area contributed by atoms with Crippen LogP contribution in [0.15, 0.2) is 30.5 Å². The minimum Gasteiger partial charge on any atom is -0.493 e. The highest BCUT2D eigenvalue weighted by Crippen LogP contribution is 2.25. The predicted octanol–water partition coefficient (Wildman–Crippen LogP) is 1.74. The molecule has 0 atom stereocenters. The second kappa shape index (κ2) is 7.98. The summed E-state index contributed by atoms with van der Waals surface area (Å²) in [5.41, 5.74) is 4.60. The third-order valence-corrected chi connectivity index (χ3v) is 4.36.